The Balaban J connectivity index is 1.92. The Hall–Kier alpha value is -2.07. The fraction of sp³-hybridized carbons (Fsp3) is 0.409. The number of rotatable bonds is 1. The van der Waals surface area contributed by atoms with E-state index in [4.69, 9.17) is 0 Å². The Bertz CT molecular complexity index is 936. The number of carbonyl (C=O) groups excluding carboxylic acids is 1. The highest BCUT2D eigenvalue weighted by molar-refractivity contribution is 7.10. The number of thiophene rings is 1. The first-order valence-corrected chi connectivity index (χ1v) is 10.1. The van der Waals surface area contributed by atoms with Crippen LogP contribution in [0.15, 0.2) is 34.8 Å². The minimum Gasteiger partial charge on any atom is -0.372 e. The van der Waals surface area contributed by atoms with Gasteiger partial charge in [0.2, 0.25) is 0 Å². The minimum absolute atomic E-state index is 0.0117. The van der Waals surface area contributed by atoms with E-state index in [0.717, 1.165) is 29.1 Å². The lowest BCUT2D eigenvalue weighted by atomic mass is 9.74. The zero-order valence-corrected chi connectivity index (χ0v) is 16.9. The molecule has 26 heavy (non-hydrogen) atoms. The summed E-state index contributed by atoms with van der Waals surface area (Å²) in [5.41, 5.74) is 7.89. The summed E-state index contributed by atoms with van der Waals surface area (Å²) in [5, 5.41) is 9.44. The molecular weight excluding hydrogens is 340 g/mol. The Morgan fingerprint density at radius 2 is 1.73 bits per heavy atom. The molecule has 0 radical (unpaired) electrons. The van der Waals surface area contributed by atoms with Crippen molar-refractivity contribution in [2.24, 2.45) is 5.41 Å². The molecule has 1 aliphatic heterocycles. The van der Waals surface area contributed by atoms with Crippen molar-refractivity contribution in [3.63, 3.8) is 0 Å². The van der Waals surface area contributed by atoms with Crippen LogP contribution in [0.4, 0.5) is 11.4 Å². The Labute approximate surface area is 159 Å². The first kappa shape index (κ1) is 17.3. The number of Topliss-reactive ketones (excluding diaryl/α,β-unsaturated/α-hetero) is 1. The van der Waals surface area contributed by atoms with Gasteiger partial charge in [-0.25, -0.2) is 0 Å². The second-order valence-corrected chi connectivity index (χ2v) is 9.43. The van der Waals surface area contributed by atoms with E-state index < -0.39 is 0 Å². The van der Waals surface area contributed by atoms with Crippen LogP contribution in [0.1, 0.15) is 54.3 Å². The summed E-state index contributed by atoms with van der Waals surface area (Å²) in [7, 11) is 0. The minimum atomic E-state index is -0.0792. The molecule has 0 fully saturated rings. The molecule has 0 amide bonds. The molecule has 0 unspecified atom stereocenters. The zero-order chi connectivity index (χ0) is 18.6. The maximum Gasteiger partial charge on any atom is 0.163 e. The molecule has 1 aromatic heterocycles. The zero-order valence-electron chi connectivity index (χ0n) is 16.1. The van der Waals surface area contributed by atoms with Crippen LogP contribution in [0.3, 0.4) is 0 Å². The van der Waals surface area contributed by atoms with Gasteiger partial charge in [0, 0.05) is 22.6 Å². The van der Waals surface area contributed by atoms with Gasteiger partial charge in [-0.05, 0) is 72.9 Å². The average molecular weight is 367 g/mol. The molecule has 2 N–H and O–H groups in total. The normalized spacial score (nSPS) is 21.4. The first-order chi connectivity index (χ1) is 12.2. The van der Waals surface area contributed by atoms with Crippen LogP contribution in [-0.4, -0.2) is 5.78 Å². The van der Waals surface area contributed by atoms with Gasteiger partial charge >= 0.3 is 0 Å². The highest BCUT2D eigenvalue weighted by Crippen LogP contribution is 2.47. The number of aryl methyl sites for hydroxylation is 3. The van der Waals surface area contributed by atoms with Gasteiger partial charge in [-0.15, -0.1) is 11.3 Å². The molecule has 2 heterocycles. The van der Waals surface area contributed by atoms with Gasteiger partial charge in [0.1, 0.15) is 0 Å². The topological polar surface area (TPSA) is 41.1 Å². The van der Waals surface area contributed by atoms with Crippen LogP contribution in [0.25, 0.3) is 0 Å². The third kappa shape index (κ3) is 2.86. The number of carbonyl (C=O) groups is 1. The molecule has 1 aliphatic carbocycles. The Kier molecular flexibility index (Phi) is 3.99. The third-order valence-electron chi connectivity index (χ3n) is 5.59. The second kappa shape index (κ2) is 5.98. The molecule has 0 saturated carbocycles. The quantitative estimate of drug-likeness (QED) is 0.660. The van der Waals surface area contributed by atoms with E-state index in [0.29, 0.717) is 6.42 Å². The van der Waals surface area contributed by atoms with Crippen LogP contribution >= 0.6 is 11.3 Å². The summed E-state index contributed by atoms with van der Waals surface area (Å²) in [6.45, 7) is 10.8. The molecule has 3 nitrogen and oxygen atoms in total. The van der Waals surface area contributed by atoms with Crippen LogP contribution < -0.4 is 10.6 Å². The lowest BCUT2D eigenvalue weighted by Gasteiger charge is -2.34. The maximum absolute atomic E-state index is 13.2. The number of fused-ring (bicyclic) bond motifs is 1. The number of benzene rings is 1. The van der Waals surface area contributed by atoms with Crippen LogP contribution in [0.5, 0.6) is 0 Å². The van der Waals surface area contributed by atoms with Crippen molar-refractivity contribution in [3.05, 3.63) is 56.4 Å². The van der Waals surface area contributed by atoms with Gasteiger partial charge in [-0.3, -0.25) is 4.79 Å². The van der Waals surface area contributed by atoms with E-state index in [2.05, 4.69) is 68.8 Å². The SMILES string of the molecule is Cc1cc2c(cc1C)N[C@H](c1sccc1C)C1=C(CC(C)(C)CC1=O)N2. The standard InChI is InChI=1S/C22H26N2OS/c1-12-6-7-26-21(12)20-19-17(10-22(4,5)11-18(19)25)23-15-8-13(2)14(3)9-16(15)24-20/h6-9,20,23-24H,10-11H2,1-5H3/t20-/m0/s1. The third-order valence-corrected chi connectivity index (χ3v) is 6.68. The van der Waals surface area contributed by atoms with Gasteiger partial charge in [0.05, 0.1) is 17.4 Å². The number of hydrogen-bond acceptors (Lipinski definition) is 4. The molecule has 136 valence electrons. The van der Waals surface area contributed by atoms with Crippen molar-refractivity contribution in [1.82, 2.24) is 0 Å². The molecule has 0 spiro atoms. The van der Waals surface area contributed by atoms with E-state index >= 15 is 0 Å². The molecule has 4 rings (SSSR count). The van der Waals surface area contributed by atoms with Gasteiger partial charge < -0.3 is 10.6 Å². The lowest BCUT2D eigenvalue weighted by Crippen LogP contribution is -2.31. The number of hydrogen-bond donors (Lipinski definition) is 2. The number of ketones is 1. The summed E-state index contributed by atoms with van der Waals surface area (Å²) in [6, 6.07) is 6.45. The van der Waals surface area contributed by atoms with Crippen molar-refractivity contribution in [3.8, 4) is 0 Å². The highest BCUT2D eigenvalue weighted by atomic mass is 32.1. The fourth-order valence-electron chi connectivity index (χ4n) is 4.09. The lowest BCUT2D eigenvalue weighted by molar-refractivity contribution is -0.118. The number of allylic oxidation sites excluding steroid dienone is 1. The average Bonchev–Trinajstić information content (AvgIpc) is 2.88. The predicted octanol–water partition coefficient (Wildman–Crippen LogP) is 5.90. The highest BCUT2D eigenvalue weighted by Gasteiger charge is 2.39. The second-order valence-electron chi connectivity index (χ2n) is 8.49. The summed E-state index contributed by atoms with van der Waals surface area (Å²) >= 11 is 1.73. The summed E-state index contributed by atoms with van der Waals surface area (Å²) < 4.78 is 0. The summed E-state index contributed by atoms with van der Waals surface area (Å²) in [5.74, 6) is 0.260. The van der Waals surface area contributed by atoms with Crippen molar-refractivity contribution in [1.29, 1.82) is 0 Å². The van der Waals surface area contributed by atoms with Crippen molar-refractivity contribution in [2.45, 2.75) is 53.5 Å². The van der Waals surface area contributed by atoms with Crippen molar-refractivity contribution >= 4 is 28.5 Å². The van der Waals surface area contributed by atoms with Gasteiger partial charge in [0.25, 0.3) is 0 Å². The van der Waals surface area contributed by atoms with Crippen LogP contribution in [0.2, 0.25) is 0 Å². The molecule has 4 heteroatoms. The van der Waals surface area contributed by atoms with Gasteiger partial charge in [0.15, 0.2) is 5.78 Å². The van der Waals surface area contributed by atoms with E-state index in [1.54, 1.807) is 11.3 Å². The van der Waals surface area contributed by atoms with Gasteiger partial charge in [-0.1, -0.05) is 13.8 Å². The van der Waals surface area contributed by atoms with E-state index in [1.165, 1.54) is 21.6 Å². The van der Waals surface area contributed by atoms with Gasteiger partial charge in [-0.2, -0.15) is 0 Å². The first-order valence-electron chi connectivity index (χ1n) is 9.20. The van der Waals surface area contributed by atoms with Crippen LogP contribution in [-0.2, 0) is 4.79 Å². The Morgan fingerprint density at radius 3 is 2.38 bits per heavy atom. The molecule has 0 bridgehead atoms. The molecule has 2 aliphatic rings. The van der Waals surface area contributed by atoms with E-state index in [1.807, 2.05) is 0 Å². The number of nitrogens with one attached hydrogen (secondary N) is 2. The summed E-state index contributed by atoms with van der Waals surface area (Å²) in [6.07, 6.45) is 1.49. The summed E-state index contributed by atoms with van der Waals surface area (Å²) in [4.78, 5) is 14.4. The van der Waals surface area contributed by atoms with E-state index in [-0.39, 0.29) is 17.2 Å². The monoisotopic (exact) mass is 366 g/mol. The van der Waals surface area contributed by atoms with E-state index in [9.17, 15) is 4.79 Å². The largest absolute Gasteiger partial charge is 0.372 e. The molecule has 1 aromatic carbocycles. The molecule has 1 atom stereocenters. The van der Waals surface area contributed by atoms with Crippen molar-refractivity contribution in [2.75, 3.05) is 10.6 Å². The van der Waals surface area contributed by atoms with Crippen molar-refractivity contribution < 1.29 is 4.79 Å². The number of anilines is 2. The molecule has 2 aromatic rings. The Morgan fingerprint density at radius 1 is 1.04 bits per heavy atom. The fourth-order valence-corrected chi connectivity index (χ4v) is 5.07. The maximum atomic E-state index is 13.2. The molecule has 0 saturated heterocycles. The van der Waals surface area contributed by atoms with Crippen LogP contribution in [0, 0.1) is 26.2 Å². The smallest absolute Gasteiger partial charge is 0.163 e. The molecular formula is C22H26N2OS. The predicted molar refractivity (Wildman–Crippen MR) is 110 cm³/mol.